The van der Waals surface area contributed by atoms with E-state index >= 15 is 0 Å². The number of aryl methyl sites for hydroxylation is 1. The van der Waals surface area contributed by atoms with Crippen LogP contribution in [0.3, 0.4) is 0 Å². The van der Waals surface area contributed by atoms with Crippen molar-refractivity contribution in [2.45, 2.75) is 12.8 Å². The maximum absolute atomic E-state index is 10.7. The van der Waals surface area contributed by atoms with Gasteiger partial charge in [-0.15, -0.1) is 5.10 Å². The Labute approximate surface area is 106 Å². The molecule has 0 aliphatic heterocycles. The first kappa shape index (κ1) is 12.6. The van der Waals surface area contributed by atoms with Gasteiger partial charge in [-0.2, -0.15) is 4.68 Å². The summed E-state index contributed by atoms with van der Waals surface area (Å²) in [5, 5.41) is 30.2. The van der Waals surface area contributed by atoms with Gasteiger partial charge in [-0.25, -0.2) is 0 Å². The lowest BCUT2D eigenvalue weighted by atomic mass is 10.2. The van der Waals surface area contributed by atoms with Crippen molar-refractivity contribution in [2.24, 2.45) is 0 Å². The zero-order valence-electron chi connectivity index (χ0n) is 9.63. The molecular weight excluding hydrogens is 254 g/mol. The number of nitro benzene ring substituents is 1. The Morgan fingerprint density at radius 2 is 2.26 bits per heavy atom. The maximum atomic E-state index is 10.7. The largest absolute Gasteiger partial charge is 0.481 e. The first-order chi connectivity index (χ1) is 9.08. The second-order valence-corrected chi connectivity index (χ2v) is 3.68. The summed E-state index contributed by atoms with van der Waals surface area (Å²) in [6, 6.07) is 5.79. The quantitative estimate of drug-likeness (QED) is 0.618. The number of hydrogen-bond donors (Lipinski definition) is 1. The van der Waals surface area contributed by atoms with Crippen molar-refractivity contribution in [3.8, 4) is 5.69 Å². The van der Waals surface area contributed by atoms with E-state index in [9.17, 15) is 14.9 Å². The van der Waals surface area contributed by atoms with E-state index in [0.29, 0.717) is 11.5 Å². The number of aromatic nitrogens is 4. The molecule has 0 atom stereocenters. The van der Waals surface area contributed by atoms with E-state index in [-0.39, 0.29) is 18.5 Å². The molecule has 19 heavy (non-hydrogen) atoms. The first-order valence-electron chi connectivity index (χ1n) is 5.32. The van der Waals surface area contributed by atoms with Gasteiger partial charge in [-0.1, -0.05) is 6.07 Å². The van der Waals surface area contributed by atoms with Crippen molar-refractivity contribution < 1.29 is 14.8 Å². The Morgan fingerprint density at radius 3 is 2.95 bits per heavy atom. The van der Waals surface area contributed by atoms with Crippen LogP contribution in [0.4, 0.5) is 5.69 Å². The number of non-ortho nitro benzene ring substituents is 1. The van der Waals surface area contributed by atoms with Gasteiger partial charge in [-0.3, -0.25) is 14.9 Å². The Hall–Kier alpha value is -2.84. The fourth-order valence-electron chi connectivity index (χ4n) is 1.52. The van der Waals surface area contributed by atoms with Gasteiger partial charge in [0.25, 0.3) is 5.69 Å². The number of nitro groups is 1. The van der Waals surface area contributed by atoms with Crippen LogP contribution in [0.5, 0.6) is 0 Å². The van der Waals surface area contributed by atoms with Crippen LogP contribution in [0.15, 0.2) is 24.3 Å². The van der Waals surface area contributed by atoms with E-state index in [0.717, 1.165) is 0 Å². The smallest absolute Gasteiger partial charge is 0.303 e. The summed E-state index contributed by atoms with van der Waals surface area (Å²) in [7, 11) is 0. The van der Waals surface area contributed by atoms with Crippen molar-refractivity contribution in [1.82, 2.24) is 20.2 Å². The molecule has 1 aromatic heterocycles. The van der Waals surface area contributed by atoms with E-state index in [1.807, 2.05) is 0 Å². The number of carboxylic acids is 1. The molecule has 0 aliphatic rings. The monoisotopic (exact) mass is 263 g/mol. The highest BCUT2D eigenvalue weighted by Gasteiger charge is 2.13. The lowest BCUT2D eigenvalue weighted by Gasteiger charge is -2.03. The molecule has 0 fully saturated rings. The van der Waals surface area contributed by atoms with Gasteiger partial charge in [0.15, 0.2) is 5.82 Å². The van der Waals surface area contributed by atoms with Gasteiger partial charge in [-0.05, 0) is 16.5 Å². The average molecular weight is 263 g/mol. The third-order valence-corrected chi connectivity index (χ3v) is 2.38. The van der Waals surface area contributed by atoms with Gasteiger partial charge < -0.3 is 5.11 Å². The molecule has 0 saturated heterocycles. The number of aliphatic carboxylic acids is 1. The van der Waals surface area contributed by atoms with Gasteiger partial charge in [0.05, 0.1) is 17.0 Å². The number of tetrazole rings is 1. The van der Waals surface area contributed by atoms with Crippen molar-refractivity contribution in [3.05, 3.63) is 40.2 Å². The summed E-state index contributed by atoms with van der Waals surface area (Å²) in [5.74, 6) is -0.628. The normalized spacial score (nSPS) is 10.3. The van der Waals surface area contributed by atoms with Gasteiger partial charge >= 0.3 is 5.97 Å². The Kier molecular flexibility index (Phi) is 3.46. The van der Waals surface area contributed by atoms with Crippen molar-refractivity contribution >= 4 is 11.7 Å². The zero-order valence-corrected chi connectivity index (χ0v) is 9.63. The molecule has 0 amide bonds. The van der Waals surface area contributed by atoms with E-state index in [4.69, 9.17) is 5.11 Å². The predicted molar refractivity (Wildman–Crippen MR) is 61.8 cm³/mol. The minimum absolute atomic E-state index is 0.0859. The van der Waals surface area contributed by atoms with Gasteiger partial charge in [0.2, 0.25) is 0 Å². The van der Waals surface area contributed by atoms with E-state index in [2.05, 4.69) is 15.5 Å². The fourth-order valence-corrected chi connectivity index (χ4v) is 1.52. The van der Waals surface area contributed by atoms with E-state index in [1.54, 1.807) is 6.07 Å². The highest BCUT2D eigenvalue weighted by molar-refractivity contribution is 5.66. The van der Waals surface area contributed by atoms with Crippen LogP contribution in [0.25, 0.3) is 5.69 Å². The van der Waals surface area contributed by atoms with Crippen LogP contribution in [0.2, 0.25) is 0 Å². The van der Waals surface area contributed by atoms with Crippen LogP contribution in [0.1, 0.15) is 12.2 Å². The molecule has 1 N–H and O–H groups in total. The van der Waals surface area contributed by atoms with Crippen LogP contribution in [0, 0.1) is 10.1 Å². The van der Waals surface area contributed by atoms with E-state index < -0.39 is 10.9 Å². The summed E-state index contributed by atoms with van der Waals surface area (Å²) in [6.07, 6.45) is 0.0281. The molecule has 2 aromatic rings. The molecule has 2 rings (SSSR count). The molecule has 0 unspecified atom stereocenters. The van der Waals surface area contributed by atoms with Gasteiger partial charge in [0, 0.05) is 18.6 Å². The maximum Gasteiger partial charge on any atom is 0.303 e. The molecule has 0 aliphatic carbocycles. The number of nitrogens with zero attached hydrogens (tertiary/aromatic N) is 5. The average Bonchev–Trinajstić information content (AvgIpc) is 2.84. The molecule has 0 saturated carbocycles. The zero-order chi connectivity index (χ0) is 13.8. The molecule has 1 heterocycles. The van der Waals surface area contributed by atoms with Crippen LogP contribution >= 0.6 is 0 Å². The number of rotatable bonds is 5. The molecular formula is C10H9N5O4. The predicted octanol–water partition coefficient (Wildman–Crippen LogP) is 0.588. The first-order valence-corrected chi connectivity index (χ1v) is 5.32. The summed E-state index contributed by atoms with van der Waals surface area (Å²) < 4.78 is 1.29. The van der Waals surface area contributed by atoms with Crippen molar-refractivity contribution in [3.63, 3.8) is 0 Å². The third kappa shape index (κ3) is 2.89. The fraction of sp³-hybridized carbons (Fsp3) is 0.200. The van der Waals surface area contributed by atoms with Gasteiger partial charge in [0.1, 0.15) is 0 Å². The van der Waals surface area contributed by atoms with Crippen LogP contribution in [-0.4, -0.2) is 36.2 Å². The molecule has 0 bridgehead atoms. The summed E-state index contributed by atoms with van der Waals surface area (Å²) in [6.45, 7) is 0. The molecule has 0 radical (unpaired) electrons. The highest BCUT2D eigenvalue weighted by atomic mass is 16.6. The number of hydrogen-bond acceptors (Lipinski definition) is 6. The van der Waals surface area contributed by atoms with Crippen molar-refractivity contribution in [1.29, 1.82) is 0 Å². The lowest BCUT2D eigenvalue weighted by Crippen LogP contribution is -2.06. The second-order valence-electron chi connectivity index (χ2n) is 3.68. The topological polar surface area (TPSA) is 124 Å². The molecule has 1 aromatic carbocycles. The highest BCUT2D eigenvalue weighted by Crippen LogP contribution is 2.16. The summed E-state index contributed by atoms with van der Waals surface area (Å²) >= 11 is 0. The molecule has 98 valence electrons. The summed E-state index contributed by atoms with van der Waals surface area (Å²) in [5.41, 5.74) is 0.330. The SMILES string of the molecule is O=C(O)CCc1nnnn1-c1cccc([N+](=O)[O-])c1. The molecule has 9 heteroatoms. The van der Waals surface area contributed by atoms with E-state index in [1.165, 1.54) is 22.9 Å². The Bertz CT molecular complexity index is 624. The van der Waals surface area contributed by atoms with Crippen LogP contribution in [-0.2, 0) is 11.2 Å². The Morgan fingerprint density at radius 1 is 1.47 bits per heavy atom. The van der Waals surface area contributed by atoms with Crippen LogP contribution < -0.4 is 0 Å². The molecule has 9 nitrogen and oxygen atoms in total. The number of benzene rings is 1. The summed E-state index contributed by atoms with van der Waals surface area (Å²) in [4.78, 5) is 20.7. The van der Waals surface area contributed by atoms with Crippen molar-refractivity contribution in [2.75, 3.05) is 0 Å². The minimum atomic E-state index is -0.964. The third-order valence-electron chi connectivity index (χ3n) is 2.38. The number of carbonyl (C=O) groups is 1. The number of carboxylic acid groups (broad SMARTS) is 1. The Balaban J connectivity index is 2.31. The standard InChI is InChI=1S/C10H9N5O4/c16-10(17)5-4-9-11-12-13-14(9)7-2-1-3-8(6-7)15(18)19/h1-3,6H,4-5H2,(H,16,17). The second kappa shape index (κ2) is 5.21. The lowest BCUT2D eigenvalue weighted by molar-refractivity contribution is -0.384. The molecule has 0 spiro atoms. The minimum Gasteiger partial charge on any atom is -0.481 e.